The molecule has 0 aromatic carbocycles. The van der Waals surface area contributed by atoms with Crippen LogP contribution in [0.3, 0.4) is 0 Å². The van der Waals surface area contributed by atoms with E-state index in [0.717, 1.165) is 23.8 Å². The zero-order valence-corrected chi connectivity index (χ0v) is 9.76. The monoisotopic (exact) mass is 195 g/mol. The summed E-state index contributed by atoms with van der Waals surface area (Å²) >= 11 is 0. The molecule has 0 saturated heterocycles. The molecule has 2 fully saturated rings. The minimum atomic E-state index is 0.819. The quantitative estimate of drug-likeness (QED) is 0.729. The summed E-state index contributed by atoms with van der Waals surface area (Å²) in [5.74, 6) is 2.87. The van der Waals surface area contributed by atoms with Crippen molar-refractivity contribution in [1.82, 2.24) is 5.32 Å². The fourth-order valence-corrected chi connectivity index (χ4v) is 2.83. The Kier molecular flexibility index (Phi) is 3.48. The van der Waals surface area contributed by atoms with Crippen LogP contribution in [0, 0.1) is 17.8 Å². The van der Waals surface area contributed by atoms with Gasteiger partial charge in [-0.05, 0) is 50.0 Å². The summed E-state index contributed by atoms with van der Waals surface area (Å²) in [6, 6.07) is 0.819. The number of nitrogens with one attached hydrogen (secondary N) is 1. The van der Waals surface area contributed by atoms with E-state index < -0.39 is 0 Å². The van der Waals surface area contributed by atoms with Crippen LogP contribution in [0.5, 0.6) is 0 Å². The molecule has 2 rings (SSSR count). The van der Waals surface area contributed by atoms with E-state index in [1.807, 2.05) is 0 Å². The first-order valence-corrected chi connectivity index (χ1v) is 6.49. The maximum Gasteiger partial charge on any atom is 0.00953 e. The number of rotatable bonds is 3. The third kappa shape index (κ3) is 2.50. The van der Waals surface area contributed by atoms with E-state index in [4.69, 9.17) is 0 Å². The first kappa shape index (κ1) is 10.5. The maximum absolute atomic E-state index is 3.80. The van der Waals surface area contributed by atoms with Gasteiger partial charge in [0.25, 0.3) is 0 Å². The SMILES string of the molecule is CC1CCC(C)C(NCC2CCC2)C1. The molecule has 2 aliphatic carbocycles. The van der Waals surface area contributed by atoms with Gasteiger partial charge in [0.05, 0.1) is 0 Å². The van der Waals surface area contributed by atoms with E-state index in [-0.39, 0.29) is 0 Å². The van der Waals surface area contributed by atoms with E-state index in [1.54, 1.807) is 0 Å². The molecule has 0 radical (unpaired) electrons. The van der Waals surface area contributed by atoms with Crippen LogP contribution in [0.2, 0.25) is 0 Å². The van der Waals surface area contributed by atoms with Gasteiger partial charge in [-0.1, -0.05) is 26.7 Å². The predicted octanol–water partition coefficient (Wildman–Crippen LogP) is 3.20. The minimum Gasteiger partial charge on any atom is -0.313 e. The molecule has 2 saturated carbocycles. The van der Waals surface area contributed by atoms with Crippen molar-refractivity contribution in [1.29, 1.82) is 0 Å². The molecule has 0 aromatic rings. The average Bonchev–Trinajstić information content (AvgIpc) is 2.08. The first-order valence-electron chi connectivity index (χ1n) is 6.49. The Morgan fingerprint density at radius 2 is 1.86 bits per heavy atom. The molecule has 82 valence electrons. The van der Waals surface area contributed by atoms with Crippen molar-refractivity contribution < 1.29 is 0 Å². The molecule has 14 heavy (non-hydrogen) atoms. The molecule has 3 unspecified atom stereocenters. The van der Waals surface area contributed by atoms with Crippen LogP contribution in [0.1, 0.15) is 52.4 Å². The van der Waals surface area contributed by atoms with Crippen LogP contribution >= 0.6 is 0 Å². The smallest absolute Gasteiger partial charge is 0.00953 e. The first-order chi connectivity index (χ1) is 6.75. The summed E-state index contributed by atoms with van der Waals surface area (Å²) in [6.07, 6.45) is 8.72. The molecule has 0 heterocycles. The second kappa shape index (κ2) is 4.65. The van der Waals surface area contributed by atoms with Gasteiger partial charge >= 0.3 is 0 Å². The Morgan fingerprint density at radius 1 is 1.07 bits per heavy atom. The lowest BCUT2D eigenvalue weighted by Crippen LogP contribution is -2.42. The van der Waals surface area contributed by atoms with Crippen LogP contribution in [0.4, 0.5) is 0 Å². The summed E-state index contributed by atoms with van der Waals surface area (Å²) in [7, 11) is 0. The Hall–Kier alpha value is -0.0400. The lowest BCUT2D eigenvalue weighted by atomic mass is 9.79. The van der Waals surface area contributed by atoms with E-state index in [2.05, 4.69) is 19.2 Å². The van der Waals surface area contributed by atoms with Gasteiger partial charge in [-0.25, -0.2) is 0 Å². The highest BCUT2D eigenvalue weighted by molar-refractivity contribution is 4.83. The van der Waals surface area contributed by atoms with E-state index in [0.29, 0.717) is 0 Å². The standard InChI is InChI=1S/C13H25N/c1-10-6-7-11(2)13(8-10)14-9-12-4-3-5-12/h10-14H,3-9H2,1-2H3. The lowest BCUT2D eigenvalue weighted by Gasteiger charge is -2.36. The fraction of sp³-hybridized carbons (Fsp3) is 1.00. The minimum absolute atomic E-state index is 0.819. The van der Waals surface area contributed by atoms with Crippen molar-refractivity contribution in [2.75, 3.05) is 6.54 Å². The molecule has 2 aliphatic rings. The molecular weight excluding hydrogens is 170 g/mol. The Labute approximate surface area is 88.7 Å². The van der Waals surface area contributed by atoms with Gasteiger partial charge in [0.2, 0.25) is 0 Å². The third-order valence-corrected chi connectivity index (χ3v) is 4.35. The molecule has 0 aromatic heterocycles. The van der Waals surface area contributed by atoms with E-state index in [1.165, 1.54) is 45.1 Å². The molecule has 1 heteroatoms. The Bertz CT molecular complexity index is 174. The lowest BCUT2D eigenvalue weighted by molar-refractivity contribution is 0.203. The van der Waals surface area contributed by atoms with Crippen molar-refractivity contribution in [3.8, 4) is 0 Å². The summed E-state index contributed by atoms with van der Waals surface area (Å²) in [5.41, 5.74) is 0. The van der Waals surface area contributed by atoms with Crippen LogP contribution in [-0.4, -0.2) is 12.6 Å². The Morgan fingerprint density at radius 3 is 2.50 bits per heavy atom. The highest BCUT2D eigenvalue weighted by Gasteiger charge is 2.26. The third-order valence-electron chi connectivity index (χ3n) is 4.35. The molecular formula is C13H25N. The molecule has 0 aliphatic heterocycles. The van der Waals surface area contributed by atoms with Gasteiger partial charge < -0.3 is 5.32 Å². The summed E-state index contributed by atoms with van der Waals surface area (Å²) in [5, 5.41) is 3.80. The summed E-state index contributed by atoms with van der Waals surface area (Å²) in [4.78, 5) is 0. The summed E-state index contributed by atoms with van der Waals surface area (Å²) in [6.45, 7) is 6.12. The Balaban J connectivity index is 1.71. The topological polar surface area (TPSA) is 12.0 Å². The van der Waals surface area contributed by atoms with Crippen LogP contribution in [0.25, 0.3) is 0 Å². The highest BCUT2D eigenvalue weighted by atomic mass is 14.9. The molecule has 1 N–H and O–H groups in total. The van der Waals surface area contributed by atoms with Crippen LogP contribution in [0.15, 0.2) is 0 Å². The molecule has 3 atom stereocenters. The van der Waals surface area contributed by atoms with Gasteiger partial charge in [-0.15, -0.1) is 0 Å². The zero-order valence-electron chi connectivity index (χ0n) is 9.76. The second-order valence-electron chi connectivity index (χ2n) is 5.71. The van der Waals surface area contributed by atoms with E-state index in [9.17, 15) is 0 Å². The van der Waals surface area contributed by atoms with Crippen molar-refractivity contribution >= 4 is 0 Å². The summed E-state index contributed by atoms with van der Waals surface area (Å²) < 4.78 is 0. The number of hydrogen-bond acceptors (Lipinski definition) is 1. The van der Waals surface area contributed by atoms with Crippen molar-refractivity contribution in [2.24, 2.45) is 17.8 Å². The van der Waals surface area contributed by atoms with Gasteiger partial charge in [-0.3, -0.25) is 0 Å². The average molecular weight is 195 g/mol. The van der Waals surface area contributed by atoms with Gasteiger partial charge in [-0.2, -0.15) is 0 Å². The van der Waals surface area contributed by atoms with Gasteiger partial charge in [0, 0.05) is 6.04 Å². The predicted molar refractivity (Wildman–Crippen MR) is 61.3 cm³/mol. The van der Waals surface area contributed by atoms with Gasteiger partial charge in [0.1, 0.15) is 0 Å². The second-order valence-corrected chi connectivity index (χ2v) is 5.71. The molecule has 1 nitrogen and oxygen atoms in total. The highest BCUT2D eigenvalue weighted by Crippen LogP contribution is 2.30. The van der Waals surface area contributed by atoms with E-state index >= 15 is 0 Å². The largest absolute Gasteiger partial charge is 0.313 e. The zero-order chi connectivity index (χ0) is 9.97. The molecule has 0 spiro atoms. The van der Waals surface area contributed by atoms with Crippen LogP contribution < -0.4 is 5.32 Å². The fourth-order valence-electron chi connectivity index (χ4n) is 2.83. The normalized spacial score (nSPS) is 39.4. The van der Waals surface area contributed by atoms with Crippen molar-refractivity contribution in [2.45, 2.75) is 58.4 Å². The van der Waals surface area contributed by atoms with Crippen LogP contribution in [-0.2, 0) is 0 Å². The van der Waals surface area contributed by atoms with Crippen molar-refractivity contribution in [3.63, 3.8) is 0 Å². The van der Waals surface area contributed by atoms with Gasteiger partial charge in [0.15, 0.2) is 0 Å². The van der Waals surface area contributed by atoms with Crippen molar-refractivity contribution in [3.05, 3.63) is 0 Å². The molecule has 0 amide bonds. The molecule has 0 bridgehead atoms. The maximum atomic E-state index is 3.80. The number of hydrogen-bond donors (Lipinski definition) is 1.